The first-order chi connectivity index (χ1) is 7.15. The van der Waals surface area contributed by atoms with E-state index in [4.69, 9.17) is 0 Å². The quantitative estimate of drug-likeness (QED) is 0.778. The second-order valence-electron chi connectivity index (χ2n) is 4.53. The van der Waals surface area contributed by atoms with Crippen LogP contribution in [0.4, 0.5) is 0 Å². The molecular formula is C14H22O. The highest BCUT2D eigenvalue weighted by molar-refractivity contribution is 5.24. The standard InChI is InChI=1S/C14H22O/c1-4-5-6-12-7-9-13(10-8-12)14(15)11(2)3/h7-11,14-15H,4-6H2,1-3H3. The molecule has 0 aliphatic heterocycles. The summed E-state index contributed by atoms with van der Waals surface area (Å²) in [7, 11) is 0. The van der Waals surface area contributed by atoms with Crippen molar-refractivity contribution < 1.29 is 5.11 Å². The highest BCUT2D eigenvalue weighted by atomic mass is 16.3. The fourth-order valence-electron chi connectivity index (χ4n) is 1.65. The van der Waals surface area contributed by atoms with E-state index in [0.717, 1.165) is 12.0 Å². The lowest BCUT2D eigenvalue weighted by molar-refractivity contribution is 0.127. The number of aryl methyl sites for hydroxylation is 1. The molecule has 84 valence electrons. The van der Waals surface area contributed by atoms with Gasteiger partial charge in [-0.15, -0.1) is 0 Å². The van der Waals surface area contributed by atoms with Gasteiger partial charge in [0.15, 0.2) is 0 Å². The lowest BCUT2D eigenvalue weighted by Crippen LogP contribution is -2.05. The molecular weight excluding hydrogens is 184 g/mol. The van der Waals surface area contributed by atoms with Crippen molar-refractivity contribution in [3.05, 3.63) is 35.4 Å². The van der Waals surface area contributed by atoms with Gasteiger partial charge in [-0.05, 0) is 29.9 Å². The minimum Gasteiger partial charge on any atom is -0.388 e. The Morgan fingerprint density at radius 1 is 1.13 bits per heavy atom. The van der Waals surface area contributed by atoms with Crippen LogP contribution < -0.4 is 0 Å². The minimum absolute atomic E-state index is 0.284. The lowest BCUT2D eigenvalue weighted by atomic mass is 9.97. The Morgan fingerprint density at radius 3 is 2.20 bits per heavy atom. The number of aliphatic hydroxyl groups excluding tert-OH is 1. The summed E-state index contributed by atoms with van der Waals surface area (Å²) in [6.45, 7) is 6.28. The summed E-state index contributed by atoms with van der Waals surface area (Å²) in [5, 5.41) is 9.86. The normalized spacial score (nSPS) is 13.1. The van der Waals surface area contributed by atoms with Crippen molar-refractivity contribution in [3.8, 4) is 0 Å². The maximum Gasteiger partial charge on any atom is 0.0812 e. The van der Waals surface area contributed by atoms with Crippen LogP contribution in [-0.2, 0) is 6.42 Å². The van der Waals surface area contributed by atoms with Crippen LogP contribution in [0.5, 0.6) is 0 Å². The van der Waals surface area contributed by atoms with Gasteiger partial charge in [-0.3, -0.25) is 0 Å². The van der Waals surface area contributed by atoms with Crippen LogP contribution in [0.1, 0.15) is 50.8 Å². The maximum atomic E-state index is 9.86. The molecule has 0 spiro atoms. The Bertz CT molecular complexity index is 274. The van der Waals surface area contributed by atoms with E-state index in [1.807, 2.05) is 13.8 Å². The molecule has 1 unspecified atom stereocenters. The molecule has 0 radical (unpaired) electrons. The van der Waals surface area contributed by atoms with Gasteiger partial charge < -0.3 is 5.11 Å². The van der Waals surface area contributed by atoms with Crippen molar-refractivity contribution >= 4 is 0 Å². The van der Waals surface area contributed by atoms with Gasteiger partial charge in [-0.1, -0.05) is 51.5 Å². The summed E-state index contributed by atoms with van der Waals surface area (Å²) >= 11 is 0. The van der Waals surface area contributed by atoms with E-state index in [1.54, 1.807) is 0 Å². The van der Waals surface area contributed by atoms with Crippen molar-refractivity contribution in [1.29, 1.82) is 0 Å². The van der Waals surface area contributed by atoms with Crippen molar-refractivity contribution in [2.75, 3.05) is 0 Å². The van der Waals surface area contributed by atoms with Crippen LogP contribution in [0, 0.1) is 5.92 Å². The Morgan fingerprint density at radius 2 is 1.73 bits per heavy atom. The summed E-state index contributed by atoms with van der Waals surface area (Å²) in [4.78, 5) is 0. The van der Waals surface area contributed by atoms with Gasteiger partial charge >= 0.3 is 0 Å². The summed E-state index contributed by atoms with van der Waals surface area (Å²) in [6, 6.07) is 8.37. The second kappa shape index (κ2) is 5.92. The molecule has 1 N–H and O–H groups in total. The minimum atomic E-state index is -0.328. The SMILES string of the molecule is CCCCc1ccc(C(O)C(C)C)cc1. The summed E-state index contributed by atoms with van der Waals surface area (Å²) < 4.78 is 0. The maximum absolute atomic E-state index is 9.86. The Hall–Kier alpha value is -0.820. The second-order valence-corrected chi connectivity index (χ2v) is 4.53. The average Bonchev–Trinajstić information content (AvgIpc) is 2.26. The molecule has 1 aromatic carbocycles. The van der Waals surface area contributed by atoms with E-state index in [1.165, 1.54) is 18.4 Å². The fraction of sp³-hybridized carbons (Fsp3) is 0.571. The van der Waals surface area contributed by atoms with Gasteiger partial charge in [-0.2, -0.15) is 0 Å². The first-order valence-electron chi connectivity index (χ1n) is 5.92. The molecule has 0 heterocycles. The van der Waals surface area contributed by atoms with Crippen LogP contribution in [0.15, 0.2) is 24.3 Å². The molecule has 0 amide bonds. The molecule has 0 aromatic heterocycles. The van der Waals surface area contributed by atoms with Gasteiger partial charge in [0.25, 0.3) is 0 Å². The summed E-state index contributed by atoms with van der Waals surface area (Å²) in [5.41, 5.74) is 2.40. The van der Waals surface area contributed by atoms with Crippen LogP contribution in [0.3, 0.4) is 0 Å². The molecule has 1 atom stereocenters. The van der Waals surface area contributed by atoms with Crippen LogP contribution in [-0.4, -0.2) is 5.11 Å². The molecule has 1 heteroatoms. The van der Waals surface area contributed by atoms with E-state index in [2.05, 4.69) is 31.2 Å². The van der Waals surface area contributed by atoms with E-state index in [0.29, 0.717) is 0 Å². The van der Waals surface area contributed by atoms with Crippen molar-refractivity contribution in [2.24, 2.45) is 5.92 Å². The molecule has 1 rings (SSSR count). The van der Waals surface area contributed by atoms with E-state index in [9.17, 15) is 5.11 Å². The van der Waals surface area contributed by atoms with Gasteiger partial charge in [0, 0.05) is 0 Å². The van der Waals surface area contributed by atoms with Crippen molar-refractivity contribution in [2.45, 2.75) is 46.1 Å². The summed E-state index contributed by atoms with van der Waals surface area (Å²) in [5.74, 6) is 0.284. The molecule has 15 heavy (non-hydrogen) atoms. The fourth-order valence-corrected chi connectivity index (χ4v) is 1.65. The van der Waals surface area contributed by atoms with Gasteiger partial charge in [0.1, 0.15) is 0 Å². The summed E-state index contributed by atoms with van der Waals surface area (Å²) in [6.07, 6.45) is 3.29. The van der Waals surface area contributed by atoms with Crippen LogP contribution in [0.2, 0.25) is 0 Å². The molecule has 0 aliphatic carbocycles. The zero-order valence-electron chi connectivity index (χ0n) is 10.0. The highest BCUT2D eigenvalue weighted by Crippen LogP contribution is 2.21. The topological polar surface area (TPSA) is 20.2 Å². The number of hydrogen-bond acceptors (Lipinski definition) is 1. The smallest absolute Gasteiger partial charge is 0.0812 e. The van der Waals surface area contributed by atoms with Crippen LogP contribution >= 0.6 is 0 Å². The Balaban J connectivity index is 2.63. The molecule has 0 saturated carbocycles. The largest absolute Gasteiger partial charge is 0.388 e. The number of aliphatic hydroxyl groups is 1. The van der Waals surface area contributed by atoms with E-state index in [-0.39, 0.29) is 12.0 Å². The predicted octanol–water partition coefficient (Wildman–Crippen LogP) is 3.72. The predicted molar refractivity (Wildman–Crippen MR) is 64.9 cm³/mol. The van der Waals surface area contributed by atoms with E-state index >= 15 is 0 Å². The molecule has 1 aromatic rings. The number of rotatable bonds is 5. The zero-order chi connectivity index (χ0) is 11.3. The number of benzene rings is 1. The van der Waals surface area contributed by atoms with Gasteiger partial charge in [-0.25, -0.2) is 0 Å². The molecule has 0 bridgehead atoms. The average molecular weight is 206 g/mol. The van der Waals surface area contributed by atoms with Gasteiger partial charge in [0.2, 0.25) is 0 Å². The third-order valence-electron chi connectivity index (χ3n) is 2.77. The first-order valence-corrected chi connectivity index (χ1v) is 5.92. The van der Waals surface area contributed by atoms with E-state index < -0.39 is 0 Å². The Kier molecular flexibility index (Phi) is 4.83. The van der Waals surface area contributed by atoms with Crippen molar-refractivity contribution in [3.63, 3.8) is 0 Å². The molecule has 0 aliphatic rings. The number of unbranched alkanes of at least 4 members (excludes halogenated alkanes) is 1. The highest BCUT2D eigenvalue weighted by Gasteiger charge is 2.10. The third-order valence-corrected chi connectivity index (χ3v) is 2.77. The zero-order valence-corrected chi connectivity index (χ0v) is 10.0. The third kappa shape index (κ3) is 3.67. The Labute approximate surface area is 93.1 Å². The molecule has 0 saturated heterocycles. The molecule has 1 nitrogen and oxygen atoms in total. The monoisotopic (exact) mass is 206 g/mol. The van der Waals surface area contributed by atoms with Crippen molar-refractivity contribution in [1.82, 2.24) is 0 Å². The first kappa shape index (κ1) is 12.3. The van der Waals surface area contributed by atoms with Gasteiger partial charge in [0.05, 0.1) is 6.10 Å². The number of hydrogen-bond donors (Lipinski definition) is 1. The lowest BCUT2D eigenvalue weighted by Gasteiger charge is -2.15. The van der Waals surface area contributed by atoms with Crippen LogP contribution in [0.25, 0.3) is 0 Å². The molecule has 0 fully saturated rings.